The predicted octanol–water partition coefficient (Wildman–Crippen LogP) is 3.33. The third-order valence-electron chi connectivity index (χ3n) is 1.17. The number of hydrogen-bond donors (Lipinski definition) is 0. The molecule has 0 aromatic heterocycles. The third kappa shape index (κ3) is 6.66. The van der Waals surface area contributed by atoms with Crippen LogP contribution in [0, 0.1) is 45.0 Å². The molecule has 0 N–H and O–H groups in total. The summed E-state index contributed by atoms with van der Waals surface area (Å²) in [5.41, 5.74) is 2.68. The molecule has 0 unspecified atom stereocenters. The van der Waals surface area contributed by atoms with E-state index in [9.17, 15) is 0 Å². The van der Waals surface area contributed by atoms with Crippen LogP contribution in [0.1, 0.15) is 25.0 Å². The van der Waals surface area contributed by atoms with E-state index in [4.69, 9.17) is 0 Å². The normalized spacial score (nSPS) is 7.27. The Balaban J connectivity index is 0. The smallest absolute Gasteiger partial charge is 0 e. The zero-order chi connectivity index (χ0) is 7.98. The Labute approximate surface area is 93.8 Å². The van der Waals surface area contributed by atoms with Gasteiger partial charge in [0, 0.05) is 31.1 Å². The Bertz CT molecular complexity index is 165. The first kappa shape index (κ1) is 13.8. The molecule has 11 heavy (non-hydrogen) atoms. The molecule has 0 nitrogen and oxygen atoms in total. The van der Waals surface area contributed by atoms with Crippen LogP contribution in [0.4, 0.5) is 0 Å². The van der Waals surface area contributed by atoms with E-state index < -0.39 is 0 Å². The zero-order valence-electron chi connectivity index (χ0n) is 7.81. The molecule has 60 valence electrons. The largest absolute Gasteiger partial charge is 0.0683 e. The van der Waals surface area contributed by atoms with Crippen LogP contribution in [0.25, 0.3) is 0 Å². The summed E-state index contributed by atoms with van der Waals surface area (Å²) in [6.45, 7) is 8.21. The van der Waals surface area contributed by atoms with Gasteiger partial charge in [-0.05, 0) is 13.8 Å². The predicted molar refractivity (Wildman–Crippen MR) is 47.3 cm³/mol. The average Bonchev–Trinajstić information content (AvgIpc) is 1.91. The van der Waals surface area contributed by atoms with Gasteiger partial charge in [0.25, 0.3) is 0 Å². The molecule has 0 atom stereocenters. The van der Waals surface area contributed by atoms with Crippen molar-refractivity contribution in [2.75, 3.05) is 0 Å². The molecule has 0 saturated heterocycles. The quantitative estimate of drug-likeness (QED) is 0.654. The minimum atomic E-state index is 0. The molecule has 0 aliphatic rings. The maximum absolute atomic E-state index is 2.17. The molecule has 0 saturated carbocycles. The summed E-state index contributed by atoms with van der Waals surface area (Å²) < 4.78 is 0. The van der Waals surface area contributed by atoms with E-state index in [1.54, 1.807) is 0 Å². The van der Waals surface area contributed by atoms with Crippen molar-refractivity contribution in [3.05, 3.63) is 35.4 Å². The summed E-state index contributed by atoms with van der Waals surface area (Å²) in [6.07, 6.45) is 0. The van der Waals surface area contributed by atoms with E-state index in [2.05, 4.69) is 38.1 Å². The second-order valence-corrected chi connectivity index (χ2v) is 2.16. The summed E-state index contributed by atoms with van der Waals surface area (Å²) >= 11 is 0. The van der Waals surface area contributed by atoms with Gasteiger partial charge < -0.3 is 0 Å². The van der Waals surface area contributed by atoms with Crippen molar-refractivity contribution < 1.29 is 31.1 Å². The van der Waals surface area contributed by atoms with E-state index in [0.29, 0.717) is 0 Å². The molecule has 0 aliphatic carbocycles. The van der Waals surface area contributed by atoms with Crippen LogP contribution >= 0.6 is 0 Å². The minimum absolute atomic E-state index is 0. The molecule has 0 amide bonds. The number of aryl methyl sites for hydroxylation is 2. The van der Waals surface area contributed by atoms with Gasteiger partial charge in [0.05, 0.1) is 0 Å². The number of rotatable bonds is 0. The SMILES string of the molecule is CC.Cc1cccc(C)c1.[U]. The molecule has 1 rings (SSSR count). The van der Waals surface area contributed by atoms with E-state index >= 15 is 0 Å². The van der Waals surface area contributed by atoms with Crippen LogP contribution in [0.2, 0.25) is 0 Å². The van der Waals surface area contributed by atoms with E-state index in [1.165, 1.54) is 11.1 Å². The summed E-state index contributed by atoms with van der Waals surface area (Å²) in [4.78, 5) is 0. The molecule has 1 aromatic carbocycles. The van der Waals surface area contributed by atoms with Gasteiger partial charge in [0.15, 0.2) is 0 Å². The fourth-order valence-corrected chi connectivity index (χ4v) is 0.807. The molecular weight excluding hydrogens is 358 g/mol. The summed E-state index contributed by atoms with van der Waals surface area (Å²) in [7, 11) is 0. The first-order valence-corrected chi connectivity index (χ1v) is 3.82. The van der Waals surface area contributed by atoms with Gasteiger partial charge in [0.1, 0.15) is 0 Å². The van der Waals surface area contributed by atoms with Crippen LogP contribution in [0.3, 0.4) is 0 Å². The standard InChI is InChI=1S/C8H10.C2H6.U/c1-7-4-3-5-8(2)6-7;1-2;/h3-6H,1-2H3;1-2H3;. The monoisotopic (exact) mass is 374 g/mol. The van der Waals surface area contributed by atoms with Crippen molar-refractivity contribution in [1.29, 1.82) is 0 Å². The molecule has 0 spiro atoms. The van der Waals surface area contributed by atoms with Gasteiger partial charge in [-0.2, -0.15) is 0 Å². The number of hydrogen-bond acceptors (Lipinski definition) is 0. The number of benzene rings is 1. The molecule has 0 aliphatic heterocycles. The van der Waals surface area contributed by atoms with Crippen LogP contribution in [-0.4, -0.2) is 0 Å². The van der Waals surface area contributed by atoms with Crippen molar-refractivity contribution in [2.24, 2.45) is 0 Å². The van der Waals surface area contributed by atoms with Crippen LogP contribution in [-0.2, 0) is 0 Å². The molecule has 1 heteroatoms. The van der Waals surface area contributed by atoms with Crippen molar-refractivity contribution in [2.45, 2.75) is 27.7 Å². The van der Waals surface area contributed by atoms with Gasteiger partial charge in [-0.15, -0.1) is 0 Å². The van der Waals surface area contributed by atoms with Gasteiger partial charge in [0.2, 0.25) is 0 Å². The van der Waals surface area contributed by atoms with E-state index in [-0.39, 0.29) is 31.1 Å². The van der Waals surface area contributed by atoms with Gasteiger partial charge in [-0.25, -0.2) is 0 Å². The first-order chi connectivity index (χ1) is 4.79. The Hall–Kier alpha value is 0.272. The Morgan fingerprint density at radius 3 is 1.45 bits per heavy atom. The molecule has 0 bridgehead atoms. The van der Waals surface area contributed by atoms with Crippen LogP contribution in [0.5, 0.6) is 0 Å². The maximum Gasteiger partial charge on any atom is 0 e. The van der Waals surface area contributed by atoms with Gasteiger partial charge in [-0.1, -0.05) is 49.2 Å². The van der Waals surface area contributed by atoms with Crippen LogP contribution in [0.15, 0.2) is 24.3 Å². The van der Waals surface area contributed by atoms with Crippen LogP contribution < -0.4 is 0 Å². The van der Waals surface area contributed by atoms with Crippen molar-refractivity contribution in [3.63, 3.8) is 0 Å². The van der Waals surface area contributed by atoms with E-state index in [0.717, 1.165) is 0 Å². The molecule has 0 fully saturated rings. The van der Waals surface area contributed by atoms with Gasteiger partial charge >= 0.3 is 0 Å². The van der Waals surface area contributed by atoms with Crippen molar-refractivity contribution in [1.82, 2.24) is 0 Å². The molecule has 0 radical (unpaired) electrons. The second kappa shape index (κ2) is 8.37. The Kier molecular flexibility index (Phi) is 10.5. The third-order valence-corrected chi connectivity index (χ3v) is 1.17. The maximum atomic E-state index is 2.17. The summed E-state index contributed by atoms with van der Waals surface area (Å²) in [5.74, 6) is 0. The molecule has 0 heterocycles. The molecule has 1 aromatic rings. The summed E-state index contributed by atoms with van der Waals surface area (Å²) in [5, 5.41) is 0. The average molecular weight is 374 g/mol. The fraction of sp³-hybridized carbons (Fsp3) is 0.400. The summed E-state index contributed by atoms with van der Waals surface area (Å²) in [6, 6.07) is 8.45. The van der Waals surface area contributed by atoms with Gasteiger partial charge in [-0.3, -0.25) is 0 Å². The van der Waals surface area contributed by atoms with Crippen molar-refractivity contribution >= 4 is 0 Å². The Morgan fingerprint density at radius 2 is 1.27 bits per heavy atom. The fourth-order valence-electron chi connectivity index (χ4n) is 0.807. The molecular formula is C10H16U. The zero-order valence-corrected chi connectivity index (χ0v) is 12.0. The minimum Gasteiger partial charge on any atom is -0.0683 e. The second-order valence-electron chi connectivity index (χ2n) is 2.16. The van der Waals surface area contributed by atoms with E-state index in [1.807, 2.05) is 13.8 Å². The Morgan fingerprint density at radius 1 is 0.909 bits per heavy atom. The first-order valence-electron chi connectivity index (χ1n) is 3.82. The topological polar surface area (TPSA) is 0 Å². The van der Waals surface area contributed by atoms with Crippen molar-refractivity contribution in [3.8, 4) is 0 Å².